The molecule has 1 atom stereocenters. The van der Waals surface area contributed by atoms with Crippen molar-refractivity contribution in [2.75, 3.05) is 11.9 Å². The van der Waals surface area contributed by atoms with E-state index in [9.17, 15) is 9.59 Å². The topological polar surface area (TPSA) is 80.3 Å². The van der Waals surface area contributed by atoms with E-state index in [1.54, 1.807) is 18.5 Å². The van der Waals surface area contributed by atoms with Gasteiger partial charge in [0.05, 0.1) is 11.5 Å². The Labute approximate surface area is 224 Å². The van der Waals surface area contributed by atoms with E-state index in [2.05, 4.69) is 36.4 Å². The van der Waals surface area contributed by atoms with Crippen molar-refractivity contribution in [3.05, 3.63) is 107 Å². The molecule has 0 bridgehead atoms. The third-order valence-electron chi connectivity index (χ3n) is 6.41. The zero-order valence-electron chi connectivity index (χ0n) is 22.7. The molecule has 1 amide bonds. The van der Waals surface area contributed by atoms with Crippen LogP contribution in [0.5, 0.6) is 0 Å². The van der Waals surface area contributed by atoms with Gasteiger partial charge in [-0.25, -0.2) is 4.79 Å². The minimum Gasteiger partial charge on any atom is -0.457 e. The quantitative estimate of drug-likeness (QED) is 0.272. The predicted molar refractivity (Wildman–Crippen MR) is 152 cm³/mol. The van der Waals surface area contributed by atoms with Crippen LogP contribution in [-0.2, 0) is 16.1 Å². The summed E-state index contributed by atoms with van der Waals surface area (Å²) in [6, 6.07) is 21.1. The number of esters is 1. The molecule has 196 valence electrons. The smallest absolute Gasteiger partial charge is 0.338 e. The summed E-state index contributed by atoms with van der Waals surface area (Å²) in [6.45, 7) is 10.8. The number of carbonyl (C=O) groups excluding carboxylic acids is 2. The fourth-order valence-corrected chi connectivity index (χ4v) is 4.28. The van der Waals surface area contributed by atoms with Gasteiger partial charge in [0.15, 0.2) is 0 Å². The highest BCUT2D eigenvalue weighted by Crippen LogP contribution is 2.23. The highest BCUT2D eigenvalue weighted by molar-refractivity contribution is 5.98. The van der Waals surface area contributed by atoms with Crippen molar-refractivity contribution in [1.29, 1.82) is 0 Å². The lowest BCUT2D eigenvalue weighted by atomic mass is 9.95. The fraction of sp³-hybridized carbons (Fsp3) is 0.281. The average Bonchev–Trinajstić information content (AvgIpc) is 2.87. The van der Waals surface area contributed by atoms with Gasteiger partial charge in [0.2, 0.25) is 5.91 Å². The summed E-state index contributed by atoms with van der Waals surface area (Å²) in [4.78, 5) is 30.2. The Kier molecular flexibility index (Phi) is 8.23. The highest BCUT2D eigenvalue weighted by Gasteiger charge is 2.23. The molecule has 0 aliphatic carbocycles. The Morgan fingerprint density at radius 1 is 0.921 bits per heavy atom. The highest BCUT2D eigenvalue weighted by atomic mass is 16.5. The van der Waals surface area contributed by atoms with Gasteiger partial charge >= 0.3 is 5.97 Å². The maximum absolute atomic E-state index is 13.4. The summed E-state index contributed by atoms with van der Waals surface area (Å²) < 4.78 is 5.55. The van der Waals surface area contributed by atoms with Crippen LogP contribution in [-0.4, -0.2) is 28.9 Å². The minimum atomic E-state index is -0.408. The number of rotatable bonds is 8. The van der Waals surface area contributed by atoms with E-state index >= 15 is 0 Å². The molecule has 0 spiro atoms. The summed E-state index contributed by atoms with van der Waals surface area (Å²) in [5.74, 6) is -0.845. The number of aryl methyl sites for hydroxylation is 2. The lowest BCUT2D eigenvalue weighted by Gasteiger charge is -2.25. The summed E-state index contributed by atoms with van der Waals surface area (Å²) in [5.41, 5.74) is 4.91. The SMILES string of the molecule is Cc1ccc(C(=O)OCc2ccc([C@@H](CNC(C)(C)C)C(=O)Nc3ccc4cnccc4c3)cc2)c(C)c1. The first-order valence-corrected chi connectivity index (χ1v) is 12.8. The van der Waals surface area contributed by atoms with Gasteiger partial charge < -0.3 is 15.4 Å². The second-order valence-electron chi connectivity index (χ2n) is 10.7. The number of benzene rings is 3. The number of nitrogens with one attached hydrogen (secondary N) is 2. The molecule has 0 aliphatic rings. The lowest BCUT2D eigenvalue weighted by Crippen LogP contribution is -2.41. The van der Waals surface area contributed by atoms with Gasteiger partial charge in [0, 0.05) is 35.6 Å². The van der Waals surface area contributed by atoms with Gasteiger partial charge in [-0.2, -0.15) is 0 Å². The van der Waals surface area contributed by atoms with Gasteiger partial charge in [0.1, 0.15) is 6.61 Å². The summed E-state index contributed by atoms with van der Waals surface area (Å²) >= 11 is 0. The Hall–Kier alpha value is -4.03. The number of hydrogen-bond acceptors (Lipinski definition) is 5. The van der Waals surface area contributed by atoms with E-state index < -0.39 is 5.92 Å². The maximum atomic E-state index is 13.4. The van der Waals surface area contributed by atoms with Gasteiger partial charge in [-0.05, 0) is 81.0 Å². The number of anilines is 1. The van der Waals surface area contributed by atoms with Crippen LogP contribution < -0.4 is 10.6 Å². The van der Waals surface area contributed by atoms with Crippen molar-refractivity contribution < 1.29 is 14.3 Å². The largest absolute Gasteiger partial charge is 0.457 e. The molecule has 38 heavy (non-hydrogen) atoms. The number of carbonyl (C=O) groups is 2. The fourth-order valence-electron chi connectivity index (χ4n) is 4.28. The first-order chi connectivity index (χ1) is 18.1. The number of pyridine rings is 1. The Morgan fingerprint density at radius 2 is 1.68 bits per heavy atom. The predicted octanol–water partition coefficient (Wildman–Crippen LogP) is 6.32. The lowest BCUT2D eigenvalue weighted by molar-refractivity contribution is -0.117. The molecule has 0 saturated heterocycles. The van der Waals surface area contributed by atoms with Gasteiger partial charge in [-0.3, -0.25) is 9.78 Å². The standard InChI is InChI=1S/C32H35N3O3/c1-21-6-13-28(22(2)16-21)31(37)38-20-23-7-9-24(10-8-23)29(19-34-32(3,4)5)30(36)35-27-12-11-26-18-33-15-14-25(26)17-27/h6-18,29,34H,19-20H2,1-5H3,(H,35,36)/t29-/m1/s1. The summed E-state index contributed by atoms with van der Waals surface area (Å²) in [5, 5.41) is 8.58. The van der Waals surface area contributed by atoms with Gasteiger partial charge in [-0.1, -0.05) is 48.0 Å². The molecule has 4 rings (SSSR count). The van der Waals surface area contributed by atoms with Crippen LogP contribution in [0.4, 0.5) is 5.69 Å². The number of hydrogen-bond donors (Lipinski definition) is 2. The molecule has 1 aromatic heterocycles. The number of ether oxygens (including phenoxy) is 1. The van der Waals surface area contributed by atoms with Gasteiger partial charge in [-0.15, -0.1) is 0 Å². The van der Waals surface area contributed by atoms with E-state index in [0.29, 0.717) is 12.1 Å². The molecule has 6 nitrogen and oxygen atoms in total. The van der Waals surface area contributed by atoms with Crippen LogP contribution in [0, 0.1) is 13.8 Å². The molecule has 2 N–H and O–H groups in total. The molecule has 0 saturated carbocycles. The van der Waals surface area contributed by atoms with Gasteiger partial charge in [0.25, 0.3) is 0 Å². The second-order valence-corrected chi connectivity index (χ2v) is 10.7. The maximum Gasteiger partial charge on any atom is 0.338 e. The zero-order valence-corrected chi connectivity index (χ0v) is 22.7. The van der Waals surface area contributed by atoms with Crippen LogP contribution >= 0.6 is 0 Å². The Morgan fingerprint density at radius 3 is 2.39 bits per heavy atom. The first kappa shape index (κ1) is 27.0. The van der Waals surface area contributed by atoms with Crippen molar-refractivity contribution in [3.8, 4) is 0 Å². The van der Waals surface area contributed by atoms with Crippen LogP contribution in [0.15, 0.2) is 79.1 Å². The van der Waals surface area contributed by atoms with Crippen molar-refractivity contribution in [2.24, 2.45) is 0 Å². The first-order valence-electron chi connectivity index (χ1n) is 12.8. The second kappa shape index (κ2) is 11.6. The summed E-state index contributed by atoms with van der Waals surface area (Å²) in [7, 11) is 0. The van der Waals surface area contributed by atoms with E-state index in [1.165, 1.54) is 0 Å². The number of amides is 1. The monoisotopic (exact) mass is 509 g/mol. The van der Waals surface area contributed by atoms with Crippen LogP contribution in [0.1, 0.15) is 59.3 Å². The number of aromatic nitrogens is 1. The molecule has 1 heterocycles. The molecule has 0 fully saturated rings. The Bertz CT molecular complexity index is 1440. The molecule has 6 heteroatoms. The molecule has 0 unspecified atom stereocenters. The van der Waals surface area contributed by atoms with Crippen LogP contribution in [0.2, 0.25) is 0 Å². The van der Waals surface area contributed by atoms with Crippen LogP contribution in [0.3, 0.4) is 0 Å². The van der Waals surface area contributed by atoms with E-state index in [1.807, 2.05) is 74.5 Å². The minimum absolute atomic E-state index is 0.0934. The van der Waals surface area contributed by atoms with E-state index in [0.717, 1.165) is 38.7 Å². The molecule has 4 aromatic rings. The van der Waals surface area contributed by atoms with Crippen molar-refractivity contribution in [2.45, 2.75) is 52.7 Å². The third-order valence-corrected chi connectivity index (χ3v) is 6.41. The molecule has 0 aliphatic heterocycles. The van der Waals surface area contributed by atoms with Crippen molar-refractivity contribution in [3.63, 3.8) is 0 Å². The van der Waals surface area contributed by atoms with E-state index in [4.69, 9.17) is 4.74 Å². The normalized spacial score (nSPS) is 12.2. The van der Waals surface area contributed by atoms with Crippen LogP contribution in [0.25, 0.3) is 10.8 Å². The Balaban J connectivity index is 1.47. The molecule has 3 aromatic carbocycles. The van der Waals surface area contributed by atoms with Crippen molar-refractivity contribution in [1.82, 2.24) is 10.3 Å². The third kappa shape index (κ3) is 7.05. The molecular weight excluding hydrogens is 474 g/mol. The van der Waals surface area contributed by atoms with Crippen molar-refractivity contribution >= 4 is 28.3 Å². The average molecular weight is 510 g/mol. The number of fused-ring (bicyclic) bond motifs is 1. The number of nitrogens with zero attached hydrogens (tertiary/aromatic N) is 1. The van der Waals surface area contributed by atoms with E-state index in [-0.39, 0.29) is 24.0 Å². The summed E-state index contributed by atoms with van der Waals surface area (Å²) in [6.07, 6.45) is 3.54. The molecule has 0 radical (unpaired) electrons. The zero-order chi connectivity index (χ0) is 27.3. The molecular formula is C32H35N3O3.